The van der Waals surface area contributed by atoms with E-state index < -0.39 is 0 Å². The maximum absolute atomic E-state index is 5.05. The van der Waals surface area contributed by atoms with E-state index in [4.69, 9.17) is 4.74 Å². The van der Waals surface area contributed by atoms with E-state index in [0.29, 0.717) is 5.92 Å². The van der Waals surface area contributed by atoms with Crippen molar-refractivity contribution in [2.24, 2.45) is 5.92 Å². The molecule has 0 amide bonds. The van der Waals surface area contributed by atoms with Crippen molar-refractivity contribution in [3.05, 3.63) is 12.2 Å². The van der Waals surface area contributed by atoms with Crippen LogP contribution in [-0.2, 0) is 17.7 Å². The molecular formula is C14H28N4O. The molecule has 0 saturated carbocycles. The number of hydrogen-bond acceptors (Lipinski definition) is 4. The minimum atomic E-state index is 0.627. The molecule has 0 fully saturated rings. The normalized spacial score (nSPS) is 12.8. The van der Waals surface area contributed by atoms with E-state index in [1.807, 2.05) is 4.68 Å². The van der Waals surface area contributed by atoms with Crippen LogP contribution in [0.3, 0.4) is 0 Å². The molecule has 1 rings (SSSR count). The van der Waals surface area contributed by atoms with Gasteiger partial charge in [-0.1, -0.05) is 20.3 Å². The van der Waals surface area contributed by atoms with Crippen LogP contribution in [0.4, 0.5) is 0 Å². The van der Waals surface area contributed by atoms with Crippen molar-refractivity contribution < 1.29 is 4.74 Å². The van der Waals surface area contributed by atoms with Gasteiger partial charge >= 0.3 is 0 Å². The Labute approximate surface area is 116 Å². The van der Waals surface area contributed by atoms with Gasteiger partial charge in [-0.15, -0.1) is 0 Å². The molecule has 0 radical (unpaired) electrons. The van der Waals surface area contributed by atoms with Gasteiger partial charge in [-0.05, 0) is 25.3 Å². The highest BCUT2D eigenvalue weighted by Crippen LogP contribution is 2.12. The Morgan fingerprint density at radius 2 is 2.21 bits per heavy atom. The van der Waals surface area contributed by atoms with E-state index in [0.717, 1.165) is 44.9 Å². The molecule has 1 atom stereocenters. The minimum Gasteiger partial charge on any atom is -0.383 e. The van der Waals surface area contributed by atoms with Gasteiger partial charge in [0.1, 0.15) is 12.2 Å². The fraction of sp³-hybridized carbons (Fsp3) is 0.857. The number of hydrogen-bond donors (Lipinski definition) is 1. The molecule has 1 aromatic heterocycles. The number of rotatable bonds is 11. The largest absolute Gasteiger partial charge is 0.383 e. The van der Waals surface area contributed by atoms with Crippen molar-refractivity contribution in [3.63, 3.8) is 0 Å². The highest BCUT2D eigenvalue weighted by molar-refractivity contribution is 4.88. The number of aryl methyl sites for hydroxylation is 1. The van der Waals surface area contributed by atoms with Crippen molar-refractivity contribution in [2.45, 2.75) is 46.1 Å². The molecule has 1 aromatic rings. The van der Waals surface area contributed by atoms with Crippen LogP contribution in [0.15, 0.2) is 6.33 Å². The van der Waals surface area contributed by atoms with Crippen molar-refractivity contribution in [3.8, 4) is 0 Å². The molecule has 5 nitrogen and oxygen atoms in total. The highest BCUT2D eigenvalue weighted by atomic mass is 16.5. The summed E-state index contributed by atoms with van der Waals surface area (Å²) in [5.41, 5.74) is 0. The van der Waals surface area contributed by atoms with Crippen LogP contribution in [0.1, 0.15) is 38.9 Å². The summed E-state index contributed by atoms with van der Waals surface area (Å²) in [6.07, 6.45) is 6.21. The van der Waals surface area contributed by atoms with Crippen LogP contribution in [-0.4, -0.2) is 41.6 Å². The Kier molecular flexibility index (Phi) is 8.41. The Balaban J connectivity index is 2.44. The number of nitrogens with zero attached hydrogens (tertiary/aromatic N) is 3. The molecule has 0 spiro atoms. The third-order valence-corrected chi connectivity index (χ3v) is 3.22. The van der Waals surface area contributed by atoms with E-state index >= 15 is 0 Å². The van der Waals surface area contributed by atoms with Crippen molar-refractivity contribution in [2.75, 3.05) is 26.8 Å². The molecule has 0 aromatic carbocycles. The smallest absolute Gasteiger partial charge is 0.138 e. The molecular weight excluding hydrogens is 240 g/mol. The van der Waals surface area contributed by atoms with Gasteiger partial charge in [-0.2, -0.15) is 5.10 Å². The van der Waals surface area contributed by atoms with Gasteiger partial charge in [0.25, 0.3) is 0 Å². The van der Waals surface area contributed by atoms with Crippen molar-refractivity contribution in [1.82, 2.24) is 20.1 Å². The predicted molar refractivity (Wildman–Crippen MR) is 77.2 cm³/mol. The summed E-state index contributed by atoms with van der Waals surface area (Å²) < 4.78 is 7.09. The lowest BCUT2D eigenvalue weighted by Crippen LogP contribution is -2.28. The minimum absolute atomic E-state index is 0.627. The predicted octanol–water partition coefficient (Wildman–Crippen LogP) is 1.88. The lowest BCUT2D eigenvalue weighted by molar-refractivity contribution is 0.197. The van der Waals surface area contributed by atoms with E-state index in [1.54, 1.807) is 13.4 Å². The number of aromatic nitrogens is 3. The second kappa shape index (κ2) is 9.92. The van der Waals surface area contributed by atoms with Crippen LogP contribution in [0, 0.1) is 5.92 Å². The molecule has 0 aliphatic rings. The molecule has 0 aliphatic carbocycles. The highest BCUT2D eigenvalue weighted by Gasteiger charge is 2.12. The fourth-order valence-electron chi connectivity index (χ4n) is 2.27. The van der Waals surface area contributed by atoms with Gasteiger partial charge in [0.05, 0.1) is 6.61 Å². The quantitative estimate of drug-likeness (QED) is 0.623. The fourth-order valence-corrected chi connectivity index (χ4v) is 2.27. The lowest BCUT2D eigenvalue weighted by Gasteiger charge is -2.17. The first-order valence-corrected chi connectivity index (χ1v) is 7.38. The van der Waals surface area contributed by atoms with Gasteiger partial charge in [0.2, 0.25) is 0 Å². The topological polar surface area (TPSA) is 52.0 Å². The Morgan fingerprint density at radius 3 is 2.89 bits per heavy atom. The van der Waals surface area contributed by atoms with Crippen LogP contribution in [0.5, 0.6) is 0 Å². The molecule has 1 heterocycles. The van der Waals surface area contributed by atoms with E-state index in [1.165, 1.54) is 12.8 Å². The summed E-state index contributed by atoms with van der Waals surface area (Å²) in [5, 5.41) is 7.75. The van der Waals surface area contributed by atoms with Crippen molar-refractivity contribution in [1.29, 1.82) is 0 Å². The molecule has 0 saturated heterocycles. The first-order valence-electron chi connectivity index (χ1n) is 7.38. The SMILES string of the molecule is CCCC(CNCCOC)Cc1ncnn1CCC. The standard InChI is InChI=1S/C14H28N4O/c1-4-6-13(11-15-7-9-19-3)10-14-16-12-17-18(14)8-5-2/h12-13,15H,4-11H2,1-3H3. The Hall–Kier alpha value is -0.940. The lowest BCUT2D eigenvalue weighted by atomic mass is 9.99. The van der Waals surface area contributed by atoms with Gasteiger partial charge in [0.15, 0.2) is 0 Å². The monoisotopic (exact) mass is 268 g/mol. The molecule has 1 unspecified atom stereocenters. The molecule has 1 N–H and O–H groups in total. The molecule has 5 heteroatoms. The number of methoxy groups -OCH3 is 1. The summed E-state index contributed by atoms with van der Waals surface area (Å²) in [7, 11) is 1.73. The van der Waals surface area contributed by atoms with Crippen LogP contribution < -0.4 is 5.32 Å². The van der Waals surface area contributed by atoms with Crippen LogP contribution in [0.25, 0.3) is 0 Å². The first kappa shape index (κ1) is 16.1. The second-order valence-electron chi connectivity index (χ2n) is 4.96. The second-order valence-corrected chi connectivity index (χ2v) is 4.96. The zero-order chi connectivity index (χ0) is 13.9. The van der Waals surface area contributed by atoms with Gasteiger partial charge in [-0.3, -0.25) is 4.68 Å². The zero-order valence-corrected chi connectivity index (χ0v) is 12.6. The van der Waals surface area contributed by atoms with Gasteiger partial charge < -0.3 is 10.1 Å². The summed E-state index contributed by atoms with van der Waals surface area (Å²) in [6.45, 7) is 8.07. The number of ether oxygens (including phenoxy) is 1. The zero-order valence-electron chi connectivity index (χ0n) is 12.6. The molecule has 0 aliphatic heterocycles. The average molecular weight is 268 g/mol. The third-order valence-electron chi connectivity index (χ3n) is 3.22. The molecule has 0 bridgehead atoms. The van der Waals surface area contributed by atoms with E-state index in [9.17, 15) is 0 Å². The summed E-state index contributed by atoms with van der Waals surface area (Å²) in [6, 6.07) is 0. The summed E-state index contributed by atoms with van der Waals surface area (Å²) in [5.74, 6) is 1.75. The van der Waals surface area contributed by atoms with Crippen molar-refractivity contribution >= 4 is 0 Å². The first-order chi connectivity index (χ1) is 9.31. The average Bonchev–Trinajstić information content (AvgIpc) is 2.83. The van der Waals surface area contributed by atoms with Crippen LogP contribution >= 0.6 is 0 Å². The molecule has 19 heavy (non-hydrogen) atoms. The van der Waals surface area contributed by atoms with Gasteiger partial charge in [-0.25, -0.2) is 4.98 Å². The maximum Gasteiger partial charge on any atom is 0.138 e. The van der Waals surface area contributed by atoms with E-state index in [2.05, 4.69) is 29.2 Å². The van der Waals surface area contributed by atoms with Crippen LogP contribution in [0.2, 0.25) is 0 Å². The number of nitrogens with one attached hydrogen (secondary N) is 1. The maximum atomic E-state index is 5.05. The summed E-state index contributed by atoms with van der Waals surface area (Å²) >= 11 is 0. The molecule has 110 valence electrons. The Morgan fingerprint density at radius 1 is 1.37 bits per heavy atom. The van der Waals surface area contributed by atoms with Gasteiger partial charge in [0, 0.05) is 26.6 Å². The third kappa shape index (κ3) is 6.16. The van der Waals surface area contributed by atoms with E-state index in [-0.39, 0.29) is 0 Å². The Bertz CT molecular complexity index is 327. The summed E-state index contributed by atoms with van der Waals surface area (Å²) in [4.78, 5) is 4.40.